The number of rotatable bonds is 5. The molecule has 13 heteroatoms. The van der Waals surface area contributed by atoms with Crippen LogP contribution in [0.3, 0.4) is 0 Å². The van der Waals surface area contributed by atoms with Gasteiger partial charge in [-0.2, -0.15) is 30.7 Å². The predicted octanol–water partition coefficient (Wildman–Crippen LogP) is 5.06. The summed E-state index contributed by atoms with van der Waals surface area (Å²) < 4.78 is 91.7. The first kappa shape index (κ1) is 20.9. The highest BCUT2D eigenvalue weighted by molar-refractivity contribution is 7.98. The zero-order chi connectivity index (χ0) is 20.6. The highest BCUT2D eigenvalue weighted by atomic mass is 32.2. The molecule has 0 aliphatic carbocycles. The summed E-state index contributed by atoms with van der Waals surface area (Å²) in [5.41, 5.74) is -2.56. The number of hydrogen-bond donors (Lipinski definition) is 0. The highest BCUT2D eigenvalue weighted by Crippen LogP contribution is 2.51. The zero-order valence-corrected chi connectivity index (χ0v) is 13.9. The molecule has 0 atom stereocenters. The van der Waals surface area contributed by atoms with Crippen molar-refractivity contribution in [2.45, 2.75) is 23.2 Å². The van der Waals surface area contributed by atoms with E-state index in [1.165, 1.54) is 6.26 Å². The van der Waals surface area contributed by atoms with Gasteiger partial charge in [-0.25, -0.2) is 9.97 Å². The van der Waals surface area contributed by atoms with E-state index in [2.05, 4.69) is 9.97 Å². The monoisotopic (exact) mass is 415 g/mol. The molecule has 0 aliphatic rings. The molecule has 0 bridgehead atoms. The van der Waals surface area contributed by atoms with Gasteiger partial charge in [0.05, 0.1) is 10.6 Å². The average molecular weight is 415 g/mol. The Morgan fingerprint density at radius 1 is 1.00 bits per heavy atom. The Hall–Kier alpha value is -2.44. The van der Waals surface area contributed by atoms with Crippen LogP contribution in [0.1, 0.15) is 5.69 Å². The van der Waals surface area contributed by atoms with Crippen LogP contribution in [0.2, 0.25) is 0 Å². The first-order chi connectivity index (χ1) is 12.3. The lowest BCUT2D eigenvalue weighted by Gasteiger charge is -2.28. The molecule has 1 heterocycles. The summed E-state index contributed by atoms with van der Waals surface area (Å²) in [5, 5.41) is 10.2. The van der Waals surface area contributed by atoms with Gasteiger partial charge in [0.15, 0.2) is 5.16 Å². The Morgan fingerprint density at radius 3 is 2.00 bits per heavy atom. The van der Waals surface area contributed by atoms with Crippen molar-refractivity contribution in [1.82, 2.24) is 9.97 Å². The van der Waals surface area contributed by atoms with E-state index < -0.39 is 39.5 Å². The van der Waals surface area contributed by atoms with Gasteiger partial charge in [0.25, 0.3) is 5.69 Å². The largest absolute Gasteiger partial charge is 0.460 e. The van der Waals surface area contributed by atoms with E-state index in [-0.39, 0.29) is 11.3 Å². The Bertz CT molecular complexity index is 857. The molecule has 0 fully saturated rings. The van der Waals surface area contributed by atoms with Gasteiger partial charge < -0.3 is 0 Å². The van der Waals surface area contributed by atoms with Crippen molar-refractivity contribution in [1.29, 1.82) is 0 Å². The van der Waals surface area contributed by atoms with E-state index in [9.17, 15) is 40.8 Å². The zero-order valence-electron chi connectivity index (χ0n) is 13.1. The second-order valence-electron chi connectivity index (χ2n) is 5.08. The standard InChI is InChI=1S/C14H8F7N3O2S/c1-27-11-22-9(7-2-4-8(5-3-7)24(25)26)6-10(23-11)12(15,16)13(17,18)14(19,20)21/h2-6H,1H3. The maximum Gasteiger partial charge on any atom is 0.460 e. The fourth-order valence-corrected chi connectivity index (χ4v) is 2.30. The van der Waals surface area contributed by atoms with E-state index in [0.29, 0.717) is 17.8 Å². The topological polar surface area (TPSA) is 68.9 Å². The molecule has 146 valence electrons. The number of hydrogen-bond acceptors (Lipinski definition) is 5. The number of nitro benzene ring substituents is 1. The summed E-state index contributed by atoms with van der Waals surface area (Å²) in [5.74, 6) is -12.0. The van der Waals surface area contributed by atoms with Gasteiger partial charge in [-0.3, -0.25) is 10.1 Å². The number of nitrogens with zero attached hydrogens (tertiary/aromatic N) is 3. The lowest BCUT2D eigenvalue weighted by Crippen LogP contribution is -2.50. The molecule has 0 aliphatic heterocycles. The highest BCUT2D eigenvalue weighted by Gasteiger charge is 2.74. The van der Waals surface area contributed by atoms with Crippen LogP contribution in [0, 0.1) is 10.1 Å². The van der Waals surface area contributed by atoms with E-state index in [1.54, 1.807) is 0 Å². The van der Waals surface area contributed by atoms with Gasteiger partial charge in [-0.1, -0.05) is 11.8 Å². The summed E-state index contributed by atoms with van der Waals surface area (Å²) >= 11 is 0.644. The molecule has 0 saturated carbocycles. The van der Waals surface area contributed by atoms with Crippen LogP contribution in [0.4, 0.5) is 36.4 Å². The van der Waals surface area contributed by atoms with E-state index in [4.69, 9.17) is 0 Å². The van der Waals surface area contributed by atoms with Crippen LogP contribution >= 0.6 is 11.8 Å². The third kappa shape index (κ3) is 3.82. The van der Waals surface area contributed by atoms with Gasteiger partial charge >= 0.3 is 18.0 Å². The van der Waals surface area contributed by atoms with Gasteiger partial charge in [0.2, 0.25) is 0 Å². The number of non-ortho nitro benzene ring substituents is 1. The maximum atomic E-state index is 14.0. The molecule has 27 heavy (non-hydrogen) atoms. The van der Waals surface area contributed by atoms with Crippen molar-refractivity contribution < 1.29 is 35.7 Å². The van der Waals surface area contributed by atoms with Crippen LogP contribution in [0.5, 0.6) is 0 Å². The van der Waals surface area contributed by atoms with Gasteiger partial charge in [0, 0.05) is 17.7 Å². The molecule has 5 nitrogen and oxygen atoms in total. The smallest absolute Gasteiger partial charge is 0.258 e. The van der Waals surface area contributed by atoms with Crippen molar-refractivity contribution in [3.8, 4) is 11.3 Å². The number of alkyl halides is 7. The molecule has 1 aromatic heterocycles. The third-order valence-electron chi connectivity index (χ3n) is 3.33. The minimum Gasteiger partial charge on any atom is -0.258 e. The van der Waals surface area contributed by atoms with Crippen molar-refractivity contribution >= 4 is 17.4 Å². The van der Waals surface area contributed by atoms with Crippen LogP contribution in [0.15, 0.2) is 35.5 Å². The molecular weight excluding hydrogens is 407 g/mol. The number of nitro groups is 1. The predicted molar refractivity (Wildman–Crippen MR) is 80.8 cm³/mol. The minimum absolute atomic E-state index is 0.00863. The van der Waals surface area contributed by atoms with Crippen LogP contribution in [0.25, 0.3) is 11.3 Å². The van der Waals surface area contributed by atoms with E-state index >= 15 is 0 Å². The van der Waals surface area contributed by atoms with Crippen LogP contribution < -0.4 is 0 Å². The molecular formula is C14H8F7N3O2S. The lowest BCUT2D eigenvalue weighted by molar-refractivity contribution is -0.384. The molecule has 0 unspecified atom stereocenters. The molecule has 0 radical (unpaired) electrons. The molecule has 1 aromatic carbocycles. The Labute approximate surface area is 150 Å². The minimum atomic E-state index is -6.51. The number of thioether (sulfide) groups is 1. The van der Waals surface area contributed by atoms with E-state index in [0.717, 1.165) is 24.3 Å². The normalized spacial score (nSPS) is 12.9. The molecule has 2 rings (SSSR count). The van der Waals surface area contributed by atoms with E-state index in [1.807, 2.05) is 0 Å². The molecule has 2 aromatic rings. The second kappa shape index (κ2) is 6.94. The van der Waals surface area contributed by atoms with Gasteiger partial charge in [0.1, 0.15) is 5.69 Å². The summed E-state index contributed by atoms with van der Waals surface area (Å²) in [7, 11) is 0. The van der Waals surface area contributed by atoms with Gasteiger partial charge in [-0.05, 0) is 24.5 Å². The Balaban J connectivity index is 2.60. The third-order valence-corrected chi connectivity index (χ3v) is 3.88. The Morgan fingerprint density at radius 2 is 1.56 bits per heavy atom. The first-order valence-electron chi connectivity index (χ1n) is 6.82. The SMILES string of the molecule is CSc1nc(-c2ccc([N+](=O)[O-])cc2)cc(C(F)(F)C(F)(F)C(F)(F)F)n1. The van der Waals surface area contributed by atoms with Crippen molar-refractivity contribution in [2.75, 3.05) is 6.26 Å². The van der Waals surface area contributed by atoms with Crippen molar-refractivity contribution in [3.63, 3.8) is 0 Å². The van der Waals surface area contributed by atoms with Crippen LogP contribution in [-0.2, 0) is 5.92 Å². The second-order valence-corrected chi connectivity index (χ2v) is 5.85. The molecule has 0 spiro atoms. The van der Waals surface area contributed by atoms with Gasteiger partial charge in [-0.15, -0.1) is 0 Å². The molecule has 0 amide bonds. The van der Waals surface area contributed by atoms with Crippen LogP contribution in [-0.4, -0.2) is 33.2 Å². The lowest BCUT2D eigenvalue weighted by atomic mass is 10.0. The number of aromatic nitrogens is 2. The Kier molecular flexibility index (Phi) is 5.37. The molecule has 0 saturated heterocycles. The van der Waals surface area contributed by atoms with Crippen molar-refractivity contribution in [3.05, 3.63) is 46.1 Å². The first-order valence-corrected chi connectivity index (χ1v) is 8.04. The quantitative estimate of drug-likeness (QED) is 0.224. The fourth-order valence-electron chi connectivity index (χ4n) is 1.92. The average Bonchev–Trinajstić information content (AvgIpc) is 2.60. The summed E-state index contributed by atoms with van der Waals surface area (Å²) in [6, 6.07) is 4.47. The molecule has 0 N–H and O–H groups in total. The summed E-state index contributed by atoms with van der Waals surface area (Å²) in [6.07, 6.45) is -5.20. The summed E-state index contributed by atoms with van der Waals surface area (Å²) in [6.45, 7) is 0. The number of benzene rings is 1. The summed E-state index contributed by atoms with van der Waals surface area (Å²) in [4.78, 5) is 16.8. The maximum absolute atomic E-state index is 14.0. The number of halogens is 7. The fraction of sp³-hybridized carbons (Fsp3) is 0.286. The van der Waals surface area contributed by atoms with Crippen molar-refractivity contribution in [2.24, 2.45) is 0 Å².